The second-order valence-electron chi connectivity index (χ2n) is 6.91. The number of nitrogens with one attached hydrogen (secondary N) is 1. The molecule has 0 aliphatic carbocycles. The Morgan fingerprint density at radius 1 is 1.44 bits per heavy atom. The van der Waals surface area contributed by atoms with Gasteiger partial charge in [0.1, 0.15) is 5.82 Å². The van der Waals surface area contributed by atoms with Crippen LogP contribution in [0.5, 0.6) is 5.88 Å². The van der Waals surface area contributed by atoms with Crippen molar-refractivity contribution in [1.29, 1.82) is 0 Å². The van der Waals surface area contributed by atoms with Gasteiger partial charge in [0.05, 0.1) is 48.3 Å². The van der Waals surface area contributed by atoms with E-state index in [0.29, 0.717) is 37.5 Å². The third-order valence-electron chi connectivity index (χ3n) is 3.81. The second kappa shape index (κ2) is 9.02. The van der Waals surface area contributed by atoms with Crippen molar-refractivity contribution in [1.82, 2.24) is 9.71 Å². The van der Waals surface area contributed by atoms with E-state index in [0.717, 1.165) is 12.6 Å². The minimum atomic E-state index is -1.33. The molecule has 0 spiro atoms. The van der Waals surface area contributed by atoms with Crippen molar-refractivity contribution in [3.05, 3.63) is 23.6 Å². The second-order valence-corrected chi connectivity index (χ2v) is 8.90. The first kappa shape index (κ1) is 20.2. The number of hydrogen-bond donors (Lipinski definition) is 1. The fourth-order valence-corrected chi connectivity index (χ4v) is 3.31. The van der Waals surface area contributed by atoms with Gasteiger partial charge in [-0.2, -0.15) is 0 Å². The van der Waals surface area contributed by atoms with Gasteiger partial charge in [0.2, 0.25) is 5.88 Å². The molecule has 1 N–H and O–H groups in total. The summed E-state index contributed by atoms with van der Waals surface area (Å²) in [6.07, 6.45) is 2.84. The Bertz CT molecular complexity index is 589. The smallest absolute Gasteiger partial charge is 0.218 e. The largest absolute Gasteiger partial charge is 0.481 e. The molecule has 25 heavy (non-hydrogen) atoms. The van der Waals surface area contributed by atoms with Crippen LogP contribution in [-0.2, 0) is 20.5 Å². The highest BCUT2D eigenvalue weighted by Gasteiger charge is 2.27. The van der Waals surface area contributed by atoms with E-state index in [9.17, 15) is 8.60 Å². The Balaban J connectivity index is 2.18. The van der Waals surface area contributed by atoms with Crippen LogP contribution < -0.4 is 9.46 Å². The van der Waals surface area contributed by atoms with Crippen LogP contribution in [0.15, 0.2) is 12.3 Å². The molecule has 2 atom stereocenters. The summed E-state index contributed by atoms with van der Waals surface area (Å²) in [6, 6.07) is 0.971. The average Bonchev–Trinajstić information content (AvgIpc) is 2.58. The van der Waals surface area contributed by atoms with E-state index in [1.807, 2.05) is 20.8 Å². The maximum Gasteiger partial charge on any atom is 0.218 e. The minimum Gasteiger partial charge on any atom is -0.481 e. The molecule has 1 saturated heterocycles. The van der Waals surface area contributed by atoms with Crippen molar-refractivity contribution >= 4 is 11.0 Å². The predicted molar refractivity (Wildman–Crippen MR) is 94.1 cm³/mol. The van der Waals surface area contributed by atoms with Crippen LogP contribution in [0.3, 0.4) is 0 Å². The zero-order valence-electron chi connectivity index (χ0n) is 15.2. The molecule has 1 aromatic rings. The molecule has 1 fully saturated rings. The third-order valence-corrected chi connectivity index (χ3v) is 5.42. The van der Waals surface area contributed by atoms with Crippen molar-refractivity contribution < 1.29 is 22.8 Å². The Hall–Kier alpha value is -1.09. The fourth-order valence-electron chi connectivity index (χ4n) is 2.45. The Kier molecular flexibility index (Phi) is 7.30. The number of aromatic nitrogens is 1. The molecule has 8 heteroatoms. The van der Waals surface area contributed by atoms with E-state index in [2.05, 4.69) is 9.71 Å². The first-order valence-corrected chi connectivity index (χ1v) is 9.57. The standard InChI is InChI=1S/C17H27FN2O4S/c1-17(2,3)25(21)20-14(6-7-15-23-8-5-9-24-15)13-10-12(18)11-19-16(13)22-4/h10-11,14-15,20H,5-9H2,1-4H3/t14-,25?/m0/s1. The number of ether oxygens (including phenoxy) is 3. The molecule has 2 rings (SSSR count). The number of methoxy groups -OCH3 is 1. The van der Waals surface area contributed by atoms with Crippen molar-refractivity contribution in [3.63, 3.8) is 0 Å². The highest BCUT2D eigenvalue weighted by molar-refractivity contribution is 7.84. The quantitative estimate of drug-likeness (QED) is 0.795. The zero-order chi connectivity index (χ0) is 18.4. The van der Waals surface area contributed by atoms with E-state index in [-0.39, 0.29) is 6.29 Å². The molecule has 1 unspecified atom stereocenters. The van der Waals surface area contributed by atoms with Crippen LogP contribution in [0, 0.1) is 5.82 Å². The number of halogens is 1. The normalized spacial score (nSPS) is 18.8. The predicted octanol–water partition coefficient (Wildman–Crippen LogP) is 2.87. The minimum absolute atomic E-state index is 0.298. The molecule has 1 aliphatic rings. The van der Waals surface area contributed by atoms with Gasteiger partial charge in [0.15, 0.2) is 6.29 Å². The fraction of sp³-hybridized carbons (Fsp3) is 0.706. The Labute approximate surface area is 151 Å². The topological polar surface area (TPSA) is 69.7 Å². The molecule has 0 radical (unpaired) electrons. The summed E-state index contributed by atoms with van der Waals surface area (Å²) in [5.41, 5.74) is 0.538. The van der Waals surface area contributed by atoms with Crippen LogP contribution >= 0.6 is 0 Å². The number of pyridine rings is 1. The van der Waals surface area contributed by atoms with Gasteiger partial charge in [-0.1, -0.05) is 0 Å². The van der Waals surface area contributed by atoms with Crippen LogP contribution in [-0.4, -0.2) is 40.6 Å². The SMILES string of the molecule is COc1ncc(F)cc1[C@H](CCC1OCCCO1)NS(=O)C(C)(C)C. The number of nitrogens with zero attached hydrogens (tertiary/aromatic N) is 1. The molecule has 0 saturated carbocycles. The molecule has 0 amide bonds. The lowest BCUT2D eigenvalue weighted by Crippen LogP contribution is -2.36. The van der Waals surface area contributed by atoms with E-state index in [1.54, 1.807) is 0 Å². The van der Waals surface area contributed by atoms with Crippen molar-refractivity contribution in [2.75, 3.05) is 20.3 Å². The highest BCUT2D eigenvalue weighted by Crippen LogP contribution is 2.29. The van der Waals surface area contributed by atoms with Crippen LogP contribution in [0.25, 0.3) is 0 Å². The van der Waals surface area contributed by atoms with Gasteiger partial charge in [0.25, 0.3) is 0 Å². The molecule has 142 valence electrons. The van der Waals surface area contributed by atoms with E-state index < -0.39 is 27.6 Å². The molecule has 2 heterocycles. The first-order chi connectivity index (χ1) is 11.8. The average molecular weight is 374 g/mol. The van der Waals surface area contributed by atoms with Gasteiger partial charge >= 0.3 is 0 Å². The van der Waals surface area contributed by atoms with E-state index in [1.165, 1.54) is 13.2 Å². The Morgan fingerprint density at radius 3 is 2.72 bits per heavy atom. The summed E-state index contributed by atoms with van der Waals surface area (Å²) in [6.45, 7) is 6.97. The maximum atomic E-state index is 13.7. The molecular weight excluding hydrogens is 347 g/mol. The molecule has 0 aromatic carbocycles. The number of rotatable bonds is 7. The summed E-state index contributed by atoms with van der Waals surface area (Å²) in [5, 5.41) is 0. The molecule has 1 aromatic heterocycles. The van der Waals surface area contributed by atoms with Gasteiger partial charge in [-0.3, -0.25) is 0 Å². The lowest BCUT2D eigenvalue weighted by atomic mass is 10.0. The maximum absolute atomic E-state index is 13.7. The first-order valence-electron chi connectivity index (χ1n) is 8.42. The van der Waals surface area contributed by atoms with Crippen LogP contribution in [0.4, 0.5) is 4.39 Å². The zero-order valence-corrected chi connectivity index (χ0v) is 16.0. The summed E-state index contributed by atoms with van der Waals surface area (Å²) in [4.78, 5) is 3.98. The van der Waals surface area contributed by atoms with Gasteiger partial charge in [-0.25, -0.2) is 18.3 Å². The van der Waals surface area contributed by atoms with Crippen molar-refractivity contribution in [2.45, 2.75) is 57.1 Å². The lowest BCUT2D eigenvalue weighted by molar-refractivity contribution is -0.182. The van der Waals surface area contributed by atoms with Gasteiger partial charge in [-0.05, 0) is 39.7 Å². The third kappa shape index (κ3) is 5.99. The summed E-state index contributed by atoms with van der Waals surface area (Å²) >= 11 is 0. The van der Waals surface area contributed by atoms with Crippen molar-refractivity contribution in [2.24, 2.45) is 0 Å². The van der Waals surface area contributed by atoms with Crippen molar-refractivity contribution in [3.8, 4) is 5.88 Å². The summed E-state index contributed by atoms with van der Waals surface area (Å²) in [7, 11) is 0.152. The molecule has 0 bridgehead atoms. The molecule has 6 nitrogen and oxygen atoms in total. The lowest BCUT2D eigenvalue weighted by Gasteiger charge is -2.28. The Morgan fingerprint density at radius 2 is 2.12 bits per heavy atom. The monoisotopic (exact) mass is 374 g/mol. The van der Waals surface area contributed by atoms with Crippen LogP contribution in [0.1, 0.15) is 51.6 Å². The van der Waals surface area contributed by atoms with Gasteiger partial charge < -0.3 is 14.2 Å². The van der Waals surface area contributed by atoms with Gasteiger partial charge in [-0.15, -0.1) is 0 Å². The number of hydrogen-bond acceptors (Lipinski definition) is 5. The summed E-state index contributed by atoms with van der Waals surface area (Å²) in [5.74, 6) is -0.149. The highest BCUT2D eigenvalue weighted by atomic mass is 32.2. The van der Waals surface area contributed by atoms with Gasteiger partial charge in [0, 0.05) is 12.0 Å². The summed E-state index contributed by atoms with van der Waals surface area (Å²) < 4.78 is 45.3. The van der Waals surface area contributed by atoms with E-state index >= 15 is 0 Å². The molecule has 1 aliphatic heterocycles. The van der Waals surface area contributed by atoms with Crippen LogP contribution in [0.2, 0.25) is 0 Å². The molecular formula is C17H27FN2O4S. The van der Waals surface area contributed by atoms with E-state index in [4.69, 9.17) is 14.2 Å².